The maximum absolute atomic E-state index is 12.7. The van der Waals surface area contributed by atoms with Crippen molar-refractivity contribution in [3.05, 3.63) is 69.8 Å². The van der Waals surface area contributed by atoms with Crippen molar-refractivity contribution < 1.29 is 14.7 Å². The Hall–Kier alpha value is -2.26. The van der Waals surface area contributed by atoms with Crippen LogP contribution in [0.15, 0.2) is 58.7 Å². The van der Waals surface area contributed by atoms with Gasteiger partial charge < -0.3 is 5.11 Å². The summed E-state index contributed by atoms with van der Waals surface area (Å²) in [4.78, 5) is 25.2. The minimum atomic E-state index is -0.0382. The Morgan fingerprint density at radius 1 is 0.962 bits per heavy atom. The van der Waals surface area contributed by atoms with E-state index < -0.39 is 0 Å². The van der Waals surface area contributed by atoms with E-state index in [1.165, 1.54) is 11.1 Å². The van der Waals surface area contributed by atoms with Crippen molar-refractivity contribution in [3.8, 4) is 0 Å². The number of hydrogen-bond donors (Lipinski definition) is 1. The van der Waals surface area contributed by atoms with E-state index >= 15 is 0 Å². The third kappa shape index (κ3) is 4.89. The number of allylic oxidation sites excluding steroid dienone is 6. The average Bonchev–Trinajstić information content (AvgIpc) is 2.64. The molecule has 0 radical (unpaired) electrons. The van der Waals surface area contributed by atoms with Crippen LogP contribution in [0.5, 0.6) is 0 Å². The van der Waals surface area contributed by atoms with Crippen molar-refractivity contribution in [2.24, 2.45) is 0 Å². The number of rotatable bonds is 8. The van der Waals surface area contributed by atoms with Gasteiger partial charge in [-0.2, -0.15) is 0 Å². The molecular weight excluding hydrogens is 324 g/mol. The highest BCUT2D eigenvalue weighted by Crippen LogP contribution is 2.28. The van der Waals surface area contributed by atoms with Crippen LogP contribution in [-0.2, 0) is 0 Å². The van der Waals surface area contributed by atoms with Crippen LogP contribution >= 0.6 is 0 Å². The molecule has 0 spiro atoms. The molecule has 3 nitrogen and oxygen atoms in total. The maximum Gasteiger partial charge on any atom is 0.190 e. The molecule has 0 saturated carbocycles. The molecule has 2 rings (SSSR count). The minimum absolute atomic E-state index is 0.0264. The molecule has 0 saturated heterocycles. The van der Waals surface area contributed by atoms with Gasteiger partial charge in [-0.15, -0.1) is 0 Å². The fraction of sp³-hybridized carbons (Fsp3) is 0.391. The van der Waals surface area contributed by atoms with Gasteiger partial charge >= 0.3 is 0 Å². The summed E-state index contributed by atoms with van der Waals surface area (Å²) in [6, 6.07) is 7.05. The SMILES string of the molecule is CC1=C(C/C=C(\C)CC/C=C(\C)CCCO)C(=O)c2ccccc2C1=O. The van der Waals surface area contributed by atoms with Gasteiger partial charge in [0.25, 0.3) is 0 Å². The number of carbonyl (C=O) groups is 2. The first-order chi connectivity index (χ1) is 12.5. The van der Waals surface area contributed by atoms with Gasteiger partial charge in [-0.1, -0.05) is 47.6 Å². The molecule has 3 heteroatoms. The molecule has 1 N–H and O–H groups in total. The van der Waals surface area contributed by atoms with E-state index in [4.69, 9.17) is 5.11 Å². The maximum atomic E-state index is 12.7. The number of hydrogen-bond acceptors (Lipinski definition) is 3. The number of benzene rings is 1. The molecule has 0 amide bonds. The van der Waals surface area contributed by atoms with Crippen LogP contribution in [0.1, 0.15) is 73.6 Å². The molecule has 0 aromatic heterocycles. The fourth-order valence-electron chi connectivity index (χ4n) is 3.18. The Morgan fingerprint density at radius 2 is 1.58 bits per heavy atom. The number of ketones is 2. The summed E-state index contributed by atoms with van der Waals surface area (Å²) in [6.07, 6.45) is 8.40. The molecule has 0 aliphatic heterocycles. The molecule has 0 fully saturated rings. The summed E-state index contributed by atoms with van der Waals surface area (Å²) in [5.74, 6) is -0.0646. The second-order valence-electron chi connectivity index (χ2n) is 6.98. The molecular formula is C23H28O3. The highest BCUT2D eigenvalue weighted by atomic mass is 16.2. The summed E-state index contributed by atoms with van der Waals surface area (Å²) in [6.45, 7) is 6.14. The number of Topliss-reactive ketones (excluding diaryl/α,β-unsaturated/α-hetero) is 2. The fourth-order valence-corrected chi connectivity index (χ4v) is 3.18. The zero-order valence-electron chi connectivity index (χ0n) is 16.0. The van der Waals surface area contributed by atoms with Crippen LogP contribution in [0.3, 0.4) is 0 Å². The molecule has 0 atom stereocenters. The van der Waals surface area contributed by atoms with Crippen LogP contribution in [0.4, 0.5) is 0 Å². The Kier molecular flexibility index (Phi) is 7.28. The molecule has 1 aromatic rings. The van der Waals surface area contributed by atoms with Gasteiger partial charge in [0, 0.05) is 28.9 Å². The first-order valence-corrected chi connectivity index (χ1v) is 9.26. The normalized spacial score (nSPS) is 15.5. The number of aliphatic hydroxyl groups excluding tert-OH is 1. The zero-order valence-corrected chi connectivity index (χ0v) is 16.0. The van der Waals surface area contributed by atoms with Crippen LogP contribution in [0, 0.1) is 0 Å². The van der Waals surface area contributed by atoms with Gasteiger partial charge in [0.2, 0.25) is 0 Å². The van der Waals surface area contributed by atoms with Crippen LogP contribution in [0.2, 0.25) is 0 Å². The van der Waals surface area contributed by atoms with Crippen molar-refractivity contribution in [3.63, 3.8) is 0 Å². The van der Waals surface area contributed by atoms with Crippen molar-refractivity contribution in [1.29, 1.82) is 0 Å². The topological polar surface area (TPSA) is 54.4 Å². The predicted octanol–water partition coefficient (Wildman–Crippen LogP) is 5.22. The third-order valence-corrected chi connectivity index (χ3v) is 4.90. The standard InChI is InChI=1S/C23H28O3/c1-16(10-7-15-24)8-6-9-17(2)13-14-19-18(3)22(25)20-11-4-5-12-21(20)23(19)26/h4-5,8,11-13,24H,6-7,9-10,14-15H2,1-3H3/b16-8+,17-13+. The molecule has 26 heavy (non-hydrogen) atoms. The first kappa shape index (κ1) is 20.1. The Morgan fingerprint density at radius 3 is 2.23 bits per heavy atom. The Balaban J connectivity index is 2.02. The predicted molar refractivity (Wildman–Crippen MR) is 105 cm³/mol. The second-order valence-corrected chi connectivity index (χ2v) is 6.98. The lowest BCUT2D eigenvalue weighted by molar-refractivity contribution is 0.0973. The lowest BCUT2D eigenvalue weighted by Gasteiger charge is -2.18. The molecule has 0 heterocycles. The van der Waals surface area contributed by atoms with Gasteiger partial charge in [0.15, 0.2) is 11.6 Å². The van der Waals surface area contributed by atoms with Crippen LogP contribution < -0.4 is 0 Å². The van der Waals surface area contributed by atoms with E-state index in [0.29, 0.717) is 28.7 Å². The van der Waals surface area contributed by atoms with Gasteiger partial charge in [-0.25, -0.2) is 0 Å². The molecule has 0 bridgehead atoms. The molecule has 1 aliphatic rings. The van der Waals surface area contributed by atoms with Crippen molar-refractivity contribution in [1.82, 2.24) is 0 Å². The summed E-state index contributed by atoms with van der Waals surface area (Å²) in [5.41, 5.74) is 4.74. The largest absolute Gasteiger partial charge is 0.396 e. The number of fused-ring (bicyclic) bond motifs is 1. The van der Waals surface area contributed by atoms with Gasteiger partial charge in [0.1, 0.15) is 0 Å². The van der Waals surface area contributed by atoms with E-state index in [-0.39, 0.29) is 18.2 Å². The lowest BCUT2D eigenvalue weighted by Crippen LogP contribution is -2.20. The molecule has 138 valence electrons. The first-order valence-electron chi connectivity index (χ1n) is 9.26. The Labute approximate surface area is 156 Å². The second kappa shape index (κ2) is 9.44. The van der Waals surface area contributed by atoms with Crippen molar-refractivity contribution >= 4 is 11.6 Å². The highest BCUT2D eigenvalue weighted by molar-refractivity contribution is 6.26. The van der Waals surface area contributed by atoms with E-state index in [9.17, 15) is 9.59 Å². The highest BCUT2D eigenvalue weighted by Gasteiger charge is 2.28. The summed E-state index contributed by atoms with van der Waals surface area (Å²) in [5, 5.41) is 8.85. The Bertz CT molecular complexity index is 778. The number of carbonyl (C=O) groups excluding carboxylic acids is 2. The monoisotopic (exact) mass is 352 g/mol. The summed E-state index contributed by atoms with van der Waals surface area (Å²) < 4.78 is 0. The van der Waals surface area contributed by atoms with E-state index in [1.54, 1.807) is 31.2 Å². The van der Waals surface area contributed by atoms with Crippen LogP contribution in [-0.4, -0.2) is 23.3 Å². The van der Waals surface area contributed by atoms with Crippen molar-refractivity contribution in [2.45, 2.75) is 52.9 Å². The number of aliphatic hydroxyl groups is 1. The smallest absolute Gasteiger partial charge is 0.190 e. The van der Waals surface area contributed by atoms with E-state index in [0.717, 1.165) is 25.7 Å². The van der Waals surface area contributed by atoms with Crippen LogP contribution in [0.25, 0.3) is 0 Å². The molecule has 0 unspecified atom stereocenters. The van der Waals surface area contributed by atoms with Crippen molar-refractivity contribution in [2.75, 3.05) is 6.61 Å². The molecule has 1 aliphatic carbocycles. The van der Waals surface area contributed by atoms with E-state index in [1.807, 2.05) is 0 Å². The van der Waals surface area contributed by atoms with Gasteiger partial charge in [0.05, 0.1) is 0 Å². The minimum Gasteiger partial charge on any atom is -0.396 e. The quantitative estimate of drug-likeness (QED) is 0.653. The molecule has 1 aromatic carbocycles. The summed E-state index contributed by atoms with van der Waals surface area (Å²) in [7, 11) is 0. The van der Waals surface area contributed by atoms with Gasteiger partial charge in [-0.3, -0.25) is 9.59 Å². The summed E-state index contributed by atoms with van der Waals surface area (Å²) >= 11 is 0. The average molecular weight is 352 g/mol. The third-order valence-electron chi connectivity index (χ3n) is 4.90. The van der Waals surface area contributed by atoms with E-state index in [2.05, 4.69) is 26.0 Å². The van der Waals surface area contributed by atoms with Gasteiger partial charge in [-0.05, 0) is 52.9 Å². The zero-order chi connectivity index (χ0) is 19.1. The lowest BCUT2D eigenvalue weighted by atomic mass is 9.83.